The van der Waals surface area contributed by atoms with Gasteiger partial charge in [-0.1, -0.05) is 25.3 Å². The van der Waals surface area contributed by atoms with Gasteiger partial charge in [-0.25, -0.2) is 0 Å². The van der Waals surface area contributed by atoms with Crippen LogP contribution in [0.2, 0.25) is 0 Å². The molecule has 0 spiro atoms. The fourth-order valence-electron chi connectivity index (χ4n) is 4.43. The molecule has 6 heteroatoms. The Hall–Kier alpha value is -2.24. The normalized spacial score (nSPS) is 21.3. The van der Waals surface area contributed by atoms with Crippen molar-refractivity contribution >= 4 is 11.9 Å². The first-order valence-corrected chi connectivity index (χ1v) is 10.8. The summed E-state index contributed by atoms with van der Waals surface area (Å²) in [4.78, 5) is 24.8. The van der Waals surface area contributed by atoms with E-state index in [9.17, 15) is 14.7 Å². The molecule has 2 rings (SSSR count). The molecule has 0 heterocycles. The van der Waals surface area contributed by atoms with E-state index in [0.29, 0.717) is 30.8 Å². The molecule has 1 aliphatic carbocycles. The molecular formula is C24H36O6. The van der Waals surface area contributed by atoms with Crippen molar-refractivity contribution in [1.82, 2.24) is 0 Å². The Morgan fingerprint density at radius 2 is 1.80 bits per heavy atom. The van der Waals surface area contributed by atoms with Crippen molar-refractivity contribution in [3.8, 4) is 11.5 Å². The summed E-state index contributed by atoms with van der Waals surface area (Å²) in [5.74, 6) is -0.367. The number of benzene rings is 1. The number of carbonyl (C=O) groups excluding carboxylic acids is 1. The maximum Gasteiger partial charge on any atom is 0.310 e. The van der Waals surface area contributed by atoms with Crippen molar-refractivity contribution in [1.29, 1.82) is 0 Å². The lowest BCUT2D eigenvalue weighted by atomic mass is 9.73. The first-order valence-electron chi connectivity index (χ1n) is 10.8. The number of unbranched alkanes of at least 4 members (excludes halogenated alkanes) is 2. The lowest BCUT2D eigenvalue weighted by Gasteiger charge is -2.32. The number of hydrogen-bond acceptors (Lipinski definition) is 5. The third-order valence-corrected chi connectivity index (χ3v) is 5.94. The Morgan fingerprint density at radius 3 is 2.40 bits per heavy atom. The van der Waals surface area contributed by atoms with Gasteiger partial charge >= 0.3 is 11.9 Å². The minimum absolute atomic E-state index is 0.368. The highest BCUT2D eigenvalue weighted by Crippen LogP contribution is 2.48. The van der Waals surface area contributed by atoms with Crippen LogP contribution in [-0.2, 0) is 20.7 Å². The molecule has 2 atom stereocenters. The van der Waals surface area contributed by atoms with E-state index in [1.54, 1.807) is 14.2 Å². The van der Waals surface area contributed by atoms with Crippen LogP contribution >= 0.6 is 0 Å². The van der Waals surface area contributed by atoms with Gasteiger partial charge in [-0.05, 0) is 70.6 Å². The molecular weight excluding hydrogens is 384 g/mol. The lowest BCUT2D eigenvalue weighted by molar-refractivity contribution is -0.171. The number of esters is 1. The molecule has 0 saturated heterocycles. The zero-order valence-corrected chi connectivity index (χ0v) is 19.0. The van der Waals surface area contributed by atoms with Gasteiger partial charge in [0.1, 0.15) is 5.60 Å². The fourth-order valence-corrected chi connectivity index (χ4v) is 4.43. The van der Waals surface area contributed by atoms with Gasteiger partial charge in [-0.15, -0.1) is 0 Å². The third-order valence-electron chi connectivity index (χ3n) is 5.94. The second-order valence-electron chi connectivity index (χ2n) is 9.19. The van der Waals surface area contributed by atoms with Crippen molar-refractivity contribution in [2.24, 2.45) is 11.3 Å². The molecule has 1 aromatic rings. The topological polar surface area (TPSA) is 82.1 Å². The average molecular weight is 421 g/mol. The van der Waals surface area contributed by atoms with E-state index < -0.39 is 22.9 Å². The highest BCUT2D eigenvalue weighted by Gasteiger charge is 2.53. The molecule has 0 amide bonds. The zero-order valence-electron chi connectivity index (χ0n) is 19.0. The van der Waals surface area contributed by atoms with Gasteiger partial charge in [0.25, 0.3) is 0 Å². The van der Waals surface area contributed by atoms with E-state index in [-0.39, 0.29) is 5.97 Å². The quantitative estimate of drug-likeness (QED) is 0.423. The average Bonchev–Trinajstić information content (AvgIpc) is 3.11. The van der Waals surface area contributed by atoms with Crippen molar-refractivity contribution in [3.05, 3.63) is 23.8 Å². The van der Waals surface area contributed by atoms with Crippen molar-refractivity contribution in [2.75, 3.05) is 14.2 Å². The number of aliphatic carboxylic acids is 1. The summed E-state index contributed by atoms with van der Waals surface area (Å²) in [5.41, 5.74) is -0.442. The Balaban J connectivity index is 1.92. The molecule has 1 aromatic carbocycles. The number of ether oxygens (including phenoxy) is 3. The van der Waals surface area contributed by atoms with Crippen LogP contribution in [0.1, 0.15) is 71.3 Å². The number of aryl methyl sites for hydroxylation is 1. The smallest absolute Gasteiger partial charge is 0.310 e. The van der Waals surface area contributed by atoms with Gasteiger partial charge in [-0.3, -0.25) is 9.59 Å². The van der Waals surface area contributed by atoms with E-state index in [2.05, 4.69) is 0 Å². The second kappa shape index (κ2) is 10.2. The van der Waals surface area contributed by atoms with E-state index in [4.69, 9.17) is 14.2 Å². The first-order chi connectivity index (χ1) is 14.1. The van der Waals surface area contributed by atoms with E-state index in [0.717, 1.165) is 37.7 Å². The summed E-state index contributed by atoms with van der Waals surface area (Å²) < 4.78 is 16.1. The number of carboxylic acid groups (broad SMARTS) is 1. The molecule has 6 nitrogen and oxygen atoms in total. The fraction of sp³-hybridized carbons (Fsp3) is 0.667. The van der Waals surface area contributed by atoms with E-state index in [1.807, 2.05) is 39.0 Å². The standard InChI is InChI=1S/C24H36O6/c1-23(2,3)30-21(25)18-11-9-15-24(18,22(26)27)14-8-6-7-10-17-12-13-19(28-4)20(16-17)29-5/h12-13,16,18H,6-11,14-15H2,1-5H3,(H,26,27). The predicted molar refractivity (Wildman–Crippen MR) is 115 cm³/mol. The Labute approximate surface area is 179 Å². The van der Waals surface area contributed by atoms with Crippen LogP contribution in [0.3, 0.4) is 0 Å². The van der Waals surface area contributed by atoms with E-state index >= 15 is 0 Å². The van der Waals surface area contributed by atoms with Crippen molar-refractivity contribution < 1.29 is 28.9 Å². The van der Waals surface area contributed by atoms with Gasteiger partial charge in [0.05, 0.1) is 25.6 Å². The van der Waals surface area contributed by atoms with Crippen LogP contribution < -0.4 is 9.47 Å². The van der Waals surface area contributed by atoms with Crippen LogP contribution in [0.15, 0.2) is 18.2 Å². The molecule has 30 heavy (non-hydrogen) atoms. The molecule has 0 aromatic heterocycles. The van der Waals surface area contributed by atoms with Gasteiger partial charge in [-0.2, -0.15) is 0 Å². The maximum atomic E-state index is 12.7. The van der Waals surface area contributed by atoms with Crippen LogP contribution in [0.4, 0.5) is 0 Å². The second-order valence-corrected chi connectivity index (χ2v) is 9.19. The van der Waals surface area contributed by atoms with Gasteiger partial charge in [0.2, 0.25) is 0 Å². The molecule has 1 saturated carbocycles. The summed E-state index contributed by atoms with van der Waals surface area (Å²) in [6.07, 6.45) is 5.91. The van der Waals surface area contributed by atoms with Gasteiger partial charge in [0.15, 0.2) is 11.5 Å². The number of rotatable bonds is 10. The third kappa shape index (κ3) is 5.89. The van der Waals surface area contributed by atoms with Gasteiger partial charge < -0.3 is 19.3 Å². The Morgan fingerprint density at radius 1 is 1.10 bits per heavy atom. The predicted octanol–water partition coefficient (Wildman–Crippen LogP) is 5.02. The molecule has 0 bridgehead atoms. The molecule has 1 fully saturated rings. The Kier molecular flexibility index (Phi) is 8.16. The highest BCUT2D eigenvalue weighted by molar-refractivity contribution is 5.85. The molecule has 1 N–H and O–H groups in total. The van der Waals surface area contributed by atoms with Gasteiger partial charge in [0, 0.05) is 0 Å². The summed E-state index contributed by atoms with van der Waals surface area (Å²) in [5, 5.41) is 9.99. The van der Waals surface area contributed by atoms with Crippen molar-refractivity contribution in [2.45, 2.75) is 77.7 Å². The summed E-state index contributed by atoms with van der Waals surface area (Å²) >= 11 is 0. The van der Waals surface area contributed by atoms with Crippen LogP contribution in [0.5, 0.6) is 11.5 Å². The summed E-state index contributed by atoms with van der Waals surface area (Å²) in [6, 6.07) is 5.90. The minimum atomic E-state index is -0.994. The largest absolute Gasteiger partial charge is 0.493 e. The first kappa shape index (κ1) is 24.0. The summed E-state index contributed by atoms with van der Waals surface area (Å²) in [6.45, 7) is 5.45. The van der Waals surface area contributed by atoms with Crippen LogP contribution in [0.25, 0.3) is 0 Å². The van der Waals surface area contributed by atoms with Crippen LogP contribution in [-0.4, -0.2) is 36.9 Å². The molecule has 1 aliphatic rings. The molecule has 0 aliphatic heterocycles. The van der Waals surface area contributed by atoms with Crippen LogP contribution in [0, 0.1) is 11.3 Å². The number of hydrogen-bond donors (Lipinski definition) is 1. The summed E-state index contributed by atoms with van der Waals surface area (Å²) in [7, 11) is 3.24. The number of methoxy groups -OCH3 is 2. The monoisotopic (exact) mass is 420 g/mol. The number of carbonyl (C=O) groups is 2. The SMILES string of the molecule is COc1ccc(CCCCCC2(C(=O)O)CCCC2C(=O)OC(C)(C)C)cc1OC. The number of carboxylic acids is 1. The van der Waals surface area contributed by atoms with Crippen molar-refractivity contribution in [3.63, 3.8) is 0 Å². The molecule has 168 valence electrons. The maximum absolute atomic E-state index is 12.7. The highest BCUT2D eigenvalue weighted by atomic mass is 16.6. The Bertz CT molecular complexity index is 736. The molecule has 2 unspecified atom stereocenters. The lowest BCUT2D eigenvalue weighted by Crippen LogP contribution is -2.41. The van der Waals surface area contributed by atoms with E-state index in [1.165, 1.54) is 0 Å². The molecule has 0 radical (unpaired) electrons. The zero-order chi connectivity index (χ0) is 22.4. The minimum Gasteiger partial charge on any atom is -0.493 e.